The van der Waals surface area contributed by atoms with Crippen LogP contribution in [-0.4, -0.2) is 18.6 Å². The van der Waals surface area contributed by atoms with Crippen LogP contribution >= 0.6 is 0 Å². The number of carbonyl (C=O) groups is 1. The number of esters is 1. The zero-order chi connectivity index (χ0) is 8.91. The molecule has 3 heteroatoms. The fourth-order valence-corrected chi connectivity index (χ4v) is 0.879. The van der Waals surface area contributed by atoms with E-state index in [0.29, 0.717) is 6.42 Å². The summed E-state index contributed by atoms with van der Waals surface area (Å²) in [4.78, 5) is 11.0. The molecule has 0 aromatic carbocycles. The van der Waals surface area contributed by atoms with Gasteiger partial charge < -0.3 is 10.5 Å². The van der Waals surface area contributed by atoms with Gasteiger partial charge in [-0.05, 0) is 13.3 Å². The Kier molecular flexibility index (Phi) is 4.11. The SMILES string of the molecule is CCCC[C@@](C)(N)C(=O)OC. The Hall–Kier alpha value is -0.570. The first-order valence-corrected chi connectivity index (χ1v) is 3.92. The number of ether oxygens (including phenoxy) is 1. The molecule has 0 spiro atoms. The smallest absolute Gasteiger partial charge is 0.325 e. The van der Waals surface area contributed by atoms with Crippen molar-refractivity contribution in [2.75, 3.05) is 7.11 Å². The van der Waals surface area contributed by atoms with Gasteiger partial charge in [0.25, 0.3) is 0 Å². The van der Waals surface area contributed by atoms with Crippen molar-refractivity contribution in [3.05, 3.63) is 0 Å². The average molecular weight is 159 g/mol. The van der Waals surface area contributed by atoms with E-state index in [2.05, 4.69) is 11.7 Å². The summed E-state index contributed by atoms with van der Waals surface area (Å²) >= 11 is 0. The number of unbranched alkanes of at least 4 members (excludes halogenated alkanes) is 1. The fourth-order valence-electron chi connectivity index (χ4n) is 0.879. The number of rotatable bonds is 4. The van der Waals surface area contributed by atoms with E-state index >= 15 is 0 Å². The highest BCUT2D eigenvalue weighted by Crippen LogP contribution is 2.11. The molecular formula is C8H17NO2. The van der Waals surface area contributed by atoms with Crippen molar-refractivity contribution < 1.29 is 9.53 Å². The third-order valence-corrected chi connectivity index (χ3v) is 1.70. The largest absolute Gasteiger partial charge is 0.468 e. The van der Waals surface area contributed by atoms with Crippen LogP contribution in [0.5, 0.6) is 0 Å². The second-order valence-electron chi connectivity index (χ2n) is 3.01. The first-order valence-electron chi connectivity index (χ1n) is 3.92. The minimum atomic E-state index is -0.801. The van der Waals surface area contributed by atoms with Gasteiger partial charge >= 0.3 is 5.97 Å². The molecule has 0 heterocycles. The number of hydrogen-bond acceptors (Lipinski definition) is 3. The summed E-state index contributed by atoms with van der Waals surface area (Å²) in [6.45, 7) is 3.77. The Morgan fingerprint density at radius 2 is 2.18 bits per heavy atom. The van der Waals surface area contributed by atoms with Crippen LogP contribution in [-0.2, 0) is 9.53 Å². The van der Waals surface area contributed by atoms with Gasteiger partial charge in [0.1, 0.15) is 5.54 Å². The van der Waals surface area contributed by atoms with Gasteiger partial charge in [-0.1, -0.05) is 19.8 Å². The van der Waals surface area contributed by atoms with Gasteiger partial charge in [0.05, 0.1) is 7.11 Å². The summed E-state index contributed by atoms with van der Waals surface area (Å²) in [5.74, 6) is -0.328. The summed E-state index contributed by atoms with van der Waals surface area (Å²) in [6.07, 6.45) is 2.70. The van der Waals surface area contributed by atoms with Crippen molar-refractivity contribution in [1.29, 1.82) is 0 Å². The van der Waals surface area contributed by atoms with Crippen molar-refractivity contribution >= 4 is 5.97 Å². The Bertz CT molecular complexity index is 132. The molecular weight excluding hydrogens is 142 g/mol. The highest BCUT2D eigenvalue weighted by Gasteiger charge is 2.28. The molecule has 0 unspecified atom stereocenters. The van der Waals surface area contributed by atoms with E-state index in [0.717, 1.165) is 12.8 Å². The molecule has 0 aliphatic carbocycles. The second-order valence-corrected chi connectivity index (χ2v) is 3.01. The lowest BCUT2D eigenvalue weighted by Crippen LogP contribution is -2.45. The van der Waals surface area contributed by atoms with Crippen molar-refractivity contribution in [2.45, 2.75) is 38.6 Å². The molecule has 0 aromatic heterocycles. The van der Waals surface area contributed by atoms with Gasteiger partial charge in [-0.3, -0.25) is 4.79 Å². The molecule has 66 valence electrons. The quantitative estimate of drug-likeness (QED) is 0.624. The van der Waals surface area contributed by atoms with Gasteiger partial charge in [-0.2, -0.15) is 0 Å². The zero-order valence-corrected chi connectivity index (χ0v) is 7.52. The monoisotopic (exact) mass is 159 g/mol. The Morgan fingerprint density at radius 1 is 1.64 bits per heavy atom. The predicted octanol–water partition coefficient (Wildman–Crippen LogP) is 1.07. The maximum absolute atomic E-state index is 11.0. The third kappa shape index (κ3) is 3.37. The Morgan fingerprint density at radius 3 is 2.55 bits per heavy atom. The van der Waals surface area contributed by atoms with Crippen molar-refractivity contribution in [3.8, 4) is 0 Å². The number of hydrogen-bond donors (Lipinski definition) is 1. The summed E-state index contributed by atoms with van der Waals surface area (Å²) < 4.78 is 4.55. The third-order valence-electron chi connectivity index (χ3n) is 1.70. The summed E-state index contributed by atoms with van der Waals surface area (Å²) in [5, 5.41) is 0. The molecule has 0 fully saturated rings. The van der Waals surface area contributed by atoms with Crippen molar-refractivity contribution in [2.24, 2.45) is 5.73 Å². The second kappa shape index (κ2) is 4.34. The van der Waals surface area contributed by atoms with Crippen LogP contribution in [0, 0.1) is 0 Å². The van der Waals surface area contributed by atoms with Gasteiger partial charge in [0.15, 0.2) is 0 Å². The maximum atomic E-state index is 11.0. The molecule has 0 bridgehead atoms. The Labute approximate surface area is 67.9 Å². The van der Waals surface area contributed by atoms with E-state index in [1.54, 1.807) is 6.92 Å². The average Bonchev–Trinajstić information content (AvgIpc) is 1.99. The molecule has 0 aliphatic heterocycles. The van der Waals surface area contributed by atoms with Crippen LogP contribution in [0.3, 0.4) is 0 Å². The maximum Gasteiger partial charge on any atom is 0.325 e. The lowest BCUT2D eigenvalue weighted by Gasteiger charge is -2.20. The van der Waals surface area contributed by atoms with Crippen molar-refractivity contribution in [1.82, 2.24) is 0 Å². The van der Waals surface area contributed by atoms with E-state index in [-0.39, 0.29) is 5.97 Å². The number of carbonyl (C=O) groups excluding carboxylic acids is 1. The molecule has 0 rings (SSSR count). The van der Waals surface area contributed by atoms with Crippen LogP contribution in [0.25, 0.3) is 0 Å². The first-order chi connectivity index (χ1) is 5.04. The van der Waals surface area contributed by atoms with Crippen LogP contribution in [0.15, 0.2) is 0 Å². The van der Waals surface area contributed by atoms with E-state index in [1.165, 1.54) is 7.11 Å². The molecule has 2 N–H and O–H groups in total. The van der Waals surface area contributed by atoms with E-state index in [4.69, 9.17) is 5.73 Å². The van der Waals surface area contributed by atoms with Crippen LogP contribution in [0.1, 0.15) is 33.1 Å². The van der Waals surface area contributed by atoms with Gasteiger partial charge in [0.2, 0.25) is 0 Å². The number of nitrogens with two attached hydrogens (primary N) is 1. The normalized spacial score (nSPS) is 15.6. The van der Waals surface area contributed by atoms with Crippen molar-refractivity contribution in [3.63, 3.8) is 0 Å². The van der Waals surface area contributed by atoms with E-state index in [1.807, 2.05) is 0 Å². The molecule has 11 heavy (non-hydrogen) atoms. The van der Waals surface area contributed by atoms with Gasteiger partial charge in [0, 0.05) is 0 Å². The standard InChI is InChI=1S/C8H17NO2/c1-4-5-6-8(2,9)7(10)11-3/h4-6,9H2,1-3H3/t8-/m1/s1. The molecule has 0 aromatic rings. The molecule has 0 saturated carbocycles. The zero-order valence-electron chi connectivity index (χ0n) is 7.52. The topological polar surface area (TPSA) is 52.3 Å². The summed E-state index contributed by atoms with van der Waals surface area (Å²) in [6, 6.07) is 0. The van der Waals surface area contributed by atoms with Crippen LogP contribution < -0.4 is 5.73 Å². The molecule has 0 aliphatic rings. The van der Waals surface area contributed by atoms with Gasteiger partial charge in [-0.25, -0.2) is 0 Å². The molecule has 1 atom stereocenters. The highest BCUT2D eigenvalue weighted by atomic mass is 16.5. The lowest BCUT2D eigenvalue weighted by atomic mass is 9.97. The molecule has 0 saturated heterocycles. The minimum Gasteiger partial charge on any atom is -0.468 e. The predicted molar refractivity (Wildman–Crippen MR) is 44.1 cm³/mol. The fraction of sp³-hybridized carbons (Fsp3) is 0.875. The lowest BCUT2D eigenvalue weighted by molar-refractivity contribution is -0.146. The highest BCUT2D eigenvalue weighted by molar-refractivity contribution is 5.79. The van der Waals surface area contributed by atoms with E-state index < -0.39 is 5.54 Å². The first kappa shape index (κ1) is 10.4. The number of methoxy groups -OCH3 is 1. The van der Waals surface area contributed by atoms with Gasteiger partial charge in [-0.15, -0.1) is 0 Å². The minimum absolute atomic E-state index is 0.328. The Balaban J connectivity index is 3.88. The summed E-state index contributed by atoms with van der Waals surface area (Å²) in [7, 11) is 1.36. The molecule has 3 nitrogen and oxygen atoms in total. The van der Waals surface area contributed by atoms with E-state index in [9.17, 15) is 4.79 Å². The molecule has 0 radical (unpaired) electrons. The van der Waals surface area contributed by atoms with Crippen LogP contribution in [0.2, 0.25) is 0 Å². The van der Waals surface area contributed by atoms with Crippen LogP contribution in [0.4, 0.5) is 0 Å². The molecule has 0 amide bonds. The summed E-state index contributed by atoms with van der Waals surface area (Å²) in [5.41, 5.74) is 4.88.